The molecule has 1 rings (SSSR count). The highest BCUT2D eigenvalue weighted by atomic mass is 16.1. The Morgan fingerprint density at radius 1 is 1.50 bits per heavy atom. The topological polar surface area (TPSA) is 45.8 Å². The molecule has 0 aliphatic rings. The molecule has 0 aliphatic heterocycles. The van der Waals surface area contributed by atoms with Gasteiger partial charge in [-0.2, -0.15) is 5.26 Å². The van der Waals surface area contributed by atoms with Crippen LogP contribution in [0.3, 0.4) is 0 Å². The van der Waals surface area contributed by atoms with E-state index in [-0.39, 0.29) is 5.41 Å². The Morgan fingerprint density at radius 3 is 2.81 bits per heavy atom. The Bertz CT molecular complexity index is 385. The number of nitriles is 1. The van der Waals surface area contributed by atoms with Gasteiger partial charge in [-0.15, -0.1) is 0 Å². The molecule has 0 saturated heterocycles. The van der Waals surface area contributed by atoms with Gasteiger partial charge in [-0.25, -0.2) is 0 Å². The predicted octanol–water partition coefficient (Wildman–Crippen LogP) is 3.02. The molecule has 0 fully saturated rings. The van der Waals surface area contributed by atoms with E-state index >= 15 is 0 Å². The number of unbranched alkanes of at least 4 members (excludes halogenated alkanes) is 1. The van der Waals surface area contributed by atoms with Gasteiger partial charge in [0.2, 0.25) is 0 Å². The smallest absolute Gasteiger partial charge is 0.151 e. The summed E-state index contributed by atoms with van der Waals surface area (Å²) in [4.78, 5) is 10.5. The molecule has 1 aromatic heterocycles. The molecule has 0 atom stereocenters. The van der Waals surface area contributed by atoms with Gasteiger partial charge >= 0.3 is 0 Å². The van der Waals surface area contributed by atoms with E-state index in [0.717, 1.165) is 37.7 Å². The highest BCUT2D eigenvalue weighted by molar-refractivity contribution is 5.74. The molecule has 0 aliphatic carbocycles. The van der Waals surface area contributed by atoms with E-state index in [1.165, 1.54) is 0 Å². The number of hydrogen-bond acceptors (Lipinski definition) is 2. The summed E-state index contributed by atoms with van der Waals surface area (Å²) in [5.41, 5.74) is 0.502. The monoisotopic (exact) mass is 218 g/mol. The number of aromatic nitrogens is 1. The Hall–Kier alpha value is -1.56. The van der Waals surface area contributed by atoms with Crippen molar-refractivity contribution in [3.05, 3.63) is 24.0 Å². The van der Waals surface area contributed by atoms with Crippen LogP contribution < -0.4 is 0 Å². The van der Waals surface area contributed by atoms with Crippen LogP contribution in [0.25, 0.3) is 0 Å². The lowest BCUT2D eigenvalue weighted by Crippen LogP contribution is -2.07. The Balaban J connectivity index is 2.26. The van der Waals surface area contributed by atoms with Crippen molar-refractivity contribution in [2.45, 2.75) is 39.7 Å². The van der Waals surface area contributed by atoms with Crippen molar-refractivity contribution in [3.8, 4) is 6.07 Å². The Labute approximate surface area is 96.7 Å². The van der Waals surface area contributed by atoms with Crippen LogP contribution in [-0.2, 0) is 6.54 Å². The van der Waals surface area contributed by atoms with Crippen LogP contribution in [-0.4, -0.2) is 10.9 Å². The van der Waals surface area contributed by atoms with Crippen molar-refractivity contribution in [1.29, 1.82) is 5.26 Å². The second-order valence-corrected chi connectivity index (χ2v) is 4.75. The van der Waals surface area contributed by atoms with Gasteiger partial charge in [0.25, 0.3) is 0 Å². The van der Waals surface area contributed by atoms with Crippen molar-refractivity contribution in [1.82, 2.24) is 4.57 Å². The van der Waals surface area contributed by atoms with Crippen molar-refractivity contribution in [2.75, 3.05) is 0 Å². The van der Waals surface area contributed by atoms with Crippen LogP contribution >= 0.6 is 0 Å². The largest absolute Gasteiger partial charge is 0.354 e. The molecule has 86 valence electrons. The fraction of sp³-hybridized carbons (Fsp3) is 0.538. The first-order valence-corrected chi connectivity index (χ1v) is 5.59. The van der Waals surface area contributed by atoms with E-state index in [1.807, 2.05) is 36.9 Å². The summed E-state index contributed by atoms with van der Waals surface area (Å²) in [5.74, 6) is 0. The third-order valence-electron chi connectivity index (χ3n) is 2.68. The van der Waals surface area contributed by atoms with Crippen LogP contribution in [0.5, 0.6) is 0 Å². The number of aldehydes is 1. The quantitative estimate of drug-likeness (QED) is 0.544. The van der Waals surface area contributed by atoms with Gasteiger partial charge in [-0.3, -0.25) is 4.79 Å². The van der Waals surface area contributed by atoms with Crippen LogP contribution in [0, 0.1) is 16.7 Å². The van der Waals surface area contributed by atoms with E-state index in [4.69, 9.17) is 5.26 Å². The molecule has 16 heavy (non-hydrogen) atoms. The third kappa shape index (κ3) is 3.90. The number of carbonyl (C=O) groups is 1. The number of aryl methyl sites for hydroxylation is 1. The fourth-order valence-corrected chi connectivity index (χ4v) is 1.59. The van der Waals surface area contributed by atoms with Gasteiger partial charge in [0.05, 0.1) is 11.5 Å². The van der Waals surface area contributed by atoms with Gasteiger partial charge in [-0.05, 0) is 32.8 Å². The van der Waals surface area contributed by atoms with Crippen molar-refractivity contribution >= 4 is 6.29 Å². The minimum Gasteiger partial charge on any atom is -0.354 e. The lowest BCUT2D eigenvalue weighted by Gasteiger charge is -2.14. The van der Waals surface area contributed by atoms with E-state index in [1.54, 1.807) is 0 Å². The second-order valence-electron chi connectivity index (χ2n) is 4.75. The van der Waals surface area contributed by atoms with Crippen LogP contribution in [0.15, 0.2) is 18.5 Å². The molecule has 3 heteroatoms. The maximum Gasteiger partial charge on any atom is 0.151 e. The molecule has 0 amide bonds. The molecule has 0 bridgehead atoms. The van der Waals surface area contributed by atoms with E-state index < -0.39 is 0 Å². The molecule has 1 aromatic rings. The first-order valence-electron chi connectivity index (χ1n) is 5.59. The molecule has 0 radical (unpaired) electrons. The Morgan fingerprint density at radius 2 is 2.25 bits per heavy atom. The highest BCUT2D eigenvalue weighted by Gasteiger charge is 2.15. The lowest BCUT2D eigenvalue weighted by atomic mass is 9.89. The van der Waals surface area contributed by atoms with Crippen molar-refractivity contribution in [3.63, 3.8) is 0 Å². The van der Waals surface area contributed by atoms with E-state index in [2.05, 4.69) is 6.07 Å². The highest BCUT2D eigenvalue weighted by Crippen LogP contribution is 2.21. The third-order valence-corrected chi connectivity index (χ3v) is 2.68. The molecule has 0 N–H and O–H groups in total. The molecule has 0 unspecified atom stereocenters. The summed E-state index contributed by atoms with van der Waals surface area (Å²) in [6.07, 6.45) is 7.62. The normalized spacial score (nSPS) is 11.1. The predicted molar refractivity (Wildman–Crippen MR) is 63.1 cm³/mol. The summed E-state index contributed by atoms with van der Waals surface area (Å²) in [5, 5.41) is 8.85. The number of rotatable bonds is 6. The molecule has 0 spiro atoms. The minimum atomic E-state index is -0.218. The number of nitrogens with zero attached hydrogens (tertiary/aromatic N) is 2. The minimum absolute atomic E-state index is 0.218. The van der Waals surface area contributed by atoms with Gasteiger partial charge in [0, 0.05) is 24.5 Å². The molecule has 3 nitrogen and oxygen atoms in total. The average molecular weight is 218 g/mol. The van der Waals surface area contributed by atoms with Crippen LogP contribution in [0.1, 0.15) is 43.5 Å². The molecule has 0 aromatic carbocycles. The van der Waals surface area contributed by atoms with E-state index in [9.17, 15) is 4.79 Å². The van der Waals surface area contributed by atoms with Crippen molar-refractivity contribution < 1.29 is 4.79 Å². The van der Waals surface area contributed by atoms with Crippen LogP contribution in [0.2, 0.25) is 0 Å². The van der Waals surface area contributed by atoms with Gasteiger partial charge in [-0.1, -0.05) is 6.42 Å². The molecular formula is C13H18N2O. The standard InChI is InChI=1S/C13H18N2O/c1-13(2,11-14)6-3-4-7-15-8-5-12(9-15)10-16/h5,8-10H,3-4,6-7H2,1-2H3. The van der Waals surface area contributed by atoms with Gasteiger partial charge < -0.3 is 4.57 Å². The van der Waals surface area contributed by atoms with Crippen molar-refractivity contribution in [2.24, 2.45) is 5.41 Å². The maximum absolute atomic E-state index is 10.5. The zero-order chi connectivity index (χ0) is 12.0. The van der Waals surface area contributed by atoms with E-state index in [0.29, 0.717) is 0 Å². The zero-order valence-electron chi connectivity index (χ0n) is 9.94. The Kier molecular flexibility index (Phi) is 4.30. The first-order chi connectivity index (χ1) is 7.57. The lowest BCUT2D eigenvalue weighted by molar-refractivity contribution is 0.112. The first kappa shape index (κ1) is 12.5. The SMILES string of the molecule is CC(C)(C#N)CCCCn1ccc(C=O)c1. The summed E-state index contributed by atoms with van der Waals surface area (Å²) in [7, 11) is 0. The van der Waals surface area contributed by atoms with Gasteiger partial charge in [0.1, 0.15) is 0 Å². The van der Waals surface area contributed by atoms with Gasteiger partial charge in [0.15, 0.2) is 6.29 Å². The second kappa shape index (κ2) is 5.50. The summed E-state index contributed by atoms with van der Waals surface area (Å²) in [6.45, 7) is 4.84. The number of carbonyl (C=O) groups excluding carboxylic acids is 1. The summed E-state index contributed by atoms with van der Waals surface area (Å²) in [6, 6.07) is 4.11. The average Bonchev–Trinajstić information content (AvgIpc) is 2.72. The maximum atomic E-state index is 10.5. The number of hydrogen-bond donors (Lipinski definition) is 0. The summed E-state index contributed by atoms with van der Waals surface area (Å²) < 4.78 is 2.02. The zero-order valence-corrected chi connectivity index (χ0v) is 9.94. The summed E-state index contributed by atoms with van der Waals surface area (Å²) >= 11 is 0. The molecular weight excluding hydrogens is 200 g/mol. The molecule has 1 heterocycles. The van der Waals surface area contributed by atoms with Crippen LogP contribution in [0.4, 0.5) is 0 Å². The molecule has 0 saturated carbocycles. The fourth-order valence-electron chi connectivity index (χ4n) is 1.59.